The predicted octanol–water partition coefficient (Wildman–Crippen LogP) is 6.40. The second-order valence-electron chi connectivity index (χ2n) is 8.47. The van der Waals surface area contributed by atoms with Gasteiger partial charge in [0.25, 0.3) is 0 Å². The normalized spacial score (nSPS) is 13.3. The van der Waals surface area contributed by atoms with Crippen LogP contribution in [0, 0.1) is 0 Å². The summed E-state index contributed by atoms with van der Waals surface area (Å²) in [5, 5.41) is 15.7. The largest absolute Gasteiger partial charge is 0.490 e. The first-order valence-corrected chi connectivity index (χ1v) is 11.8. The molecular weight excluding hydrogens is 467 g/mol. The Hall–Kier alpha value is -3.55. The van der Waals surface area contributed by atoms with Gasteiger partial charge in [0, 0.05) is 18.4 Å². The van der Waals surface area contributed by atoms with Crippen LogP contribution >= 0.6 is 0 Å². The lowest BCUT2D eigenvalue weighted by molar-refractivity contribution is -0.137. The number of aliphatic hydroxyl groups excluding tert-OH is 1. The average molecular weight is 496 g/mol. The molecule has 2 N–H and O–H groups in total. The smallest absolute Gasteiger partial charge is 0.416 e. The molecule has 0 spiro atoms. The minimum atomic E-state index is -4.39. The molecule has 4 aromatic carbocycles. The van der Waals surface area contributed by atoms with Gasteiger partial charge < -0.3 is 19.9 Å². The van der Waals surface area contributed by atoms with Crippen LogP contribution in [-0.4, -0.2) is 30.9 Å². The average Bonchev–Trinajstić information content (AvgIpc) is 2.89. The van der Waals surface area contributed by atoms with Crippen LogP contribution in [0.4, 0.5) is 13.2 Å². The summed E-state index contributed by atoms with van der Waals surface area (Å²) in [7, 11) is 0. The van der Waals surface area contributed by atoms with Gasteiger partial charge in [0.15, 0.2) is 0 Å². The fourth-order valence-electron chi connectivity index (χ4n) is 3.92. The third-order valence-electron chi connectivity index (χ3n) is 5.78. The Morgan fingerprint density at radius 3 is 2.25 bits per heavy atom. The Kier molecular flexibility index (Phi) is 8.46. The van der Waals surface area contributed by atoms with Crippen LogP contribution in [-0.2, 0) is 6.18 Å². The lowest BCUT2D eigenvalue weighted by Gasteiger charge is -2.21. The Morgan fingerprint density at radius 2 is 1.50 bits per heavy atom. The molecule has 0 bridgehead atoms. The summed E-state index contributed by atoms with van der Waals surface area (Å²) in [4.78, 5) is 0. The van der Waals surface area contributed by atoms with Gasteiger partial charge in [0.05, 0.1) is 5.56 Å². The highest BCUT2D eigenvalue weighted by molar-refractivity contribution is 5.88. The molecule has 0 saturated heterocycles. The summed E-state index contributed by atoms with van der Waals surface area (Å²) in [6.07, 6.45) is -4.91. The van der Waals surface area contributed by atoms with Gasteiger partial charge in [-0.05, 0) is 47.8 Å². The zero-order valence-corrected chi connectivity index (χ0v) is 19.6. The highest BCUT2D eigenvalue weighted by Gasteiger charge is 2.30. The van der Waals surface area contributed by atoms with E-state index in [1.807, 2.05) is 72.8 Å². The van der Waals surface area contributed by atoms with Crippen molar-refractivity contribution in [2.75, 3.05) is 19.7 Å². The minimum Gasteiger partial charge on any atom is -0.490 e. The lowest BCUT2D eigenvalue weighted by atomic mass is 10.1. The number of nitrogens with one attached hydrogen (secondary N) is 1. The van der Waals surface area contributed by atoms with Gasteiger partial charge in [0.2, 0.25) is 0 Å². The minimum absolute atomic E-state index is 0.144. The van der Waals surface area contributed by atoms with Crippen molar-refractivity contribution in [3.63, 3.8) is 0 Å². The van der Waals surface area contributed by atoms with Crippen molar-refractivity contribution in [3.8, 4) is 11.5 Å². The molecule has 0 radical (unpaired) electrons. The number of benzene rings is 4. The van der Waals surface area contributed by atoms with Crippen LogP contribution < -0.4 is 14.8 Å². The number of halogens is 3. The number of rotatable bonds is 11. The van der Waals surface area contributed by atoms with E-state index in [0.29, 0.717) is 25.3 Å². The molecule has 0 heterocycles. The van der Waals surface area contributed by atoms with E-state index in [1.165, 1.54) is 12.1 Å². The fraction of sp³-hybridized carbons (Fsp3) is 0.241. The number of ether oxygens (including phenoxy) is 2. The SMILES string of the molecule is OC(CNCCC(Oc1ccc(C(F)(F)F)cc1)c1ccccc1)COc1cccc2ccccc12. The highest BCUT2D eigenvalue weighted by atomic mass is 19.4. The van der Waals surface area contributed by atoms with Crippen LogP contribution in [0.15, 0.2) is 97.1 Å². The molecule has 36 heavy (non-hydrogen) atoms. The van der Waals surface area contributed by atoms with Crippen molar-refractivity contribution in [1.82, 2.24) is 5.32 Å². The van der Waals surface area contributed by atoms with Gasteiger partial charge in [-0.1, -0.05) is 66.7 Å². The second-order valence-corrected chi connectivity index (χ2v) is 8.47. The molecule has 4 rings (SSSR count). The fourth-order valence-corrected chi connectivity index (χ4v) is 3.92. The van der Waals surface area contributed by atoms with E-state index in [-0.39, 0.29) is 12.7 Å². The standard InChI is InChI=1S/C29H28F3NO3/c30-29(31,32)23-13-15-25(16-14-23)36-27(22-8-2-1-3-9-22)17-18-33-19-24(34)20-35-28-12-6-10-21-7-4-5-11-26(21)28/h1-16,24,27,33-34H,17-20H2. The van der Waals surface area contributed by atoms with Crippen molar-refractivity contribution < 1.29 is 27.8 Å². The van der Waals surface area contributed by atoms with Crippen molar-refractivity contribution in [2.45, 2.75) is 24.8 Å². The molecule has 0 aromatic heterocycles. The Labute approximate surface area is 208 Å². The van der Waals surface area contributed by atoms with E-state index in [0.717, 1.165) is 34.2 Å². The van der Waals surface area contributed by atoms with E-state index in [1.54, 1.807) is 0 Å². The second kappa shape index (κ2) is 11.9. The van der Waals surface area contributed by atoms with Crippen LogP contribution in [0.5, 0.6) is 11.5 Å². The van der Waals surface area contributed by atoms with Crippen LogP contribution in [0.25, 0.3) is 10.8 Å². The molecule has 0 aliphatic rings. The first-order chi connectivity index (χ1) is 17.4. The van der Waals surface area contributed by atoms with E-state index in [2.05, 4.69) is 5.32 Å². The monoisotopic (exact) mass is 495 g/mol. The van der Waals surface area contributed by atoms with Gasteiger partial charge in [-0.25, -0.2) is 0 Å². The zero-order chi connectivity index (χ0) is 25.4. The van der Waals surface area contributed by atoms with E-state index < -0.39 is 17.8 Å². The van der Waals surface area contributed by atoms with Crippen molar-refractivity contribution in [2.24, 2.45) is 0 Å². The third-order valence-corrected chi connectivity index (χ3v) is 5.78. The quantitative estimate of drug-likeness (QED) is 0.237. The van der Waals surface area contributed by atoms with E-state index in [4.69, 9.17) is 9.47 Å². The summed E-state index contributed by atoms with van der Waals surface area (Å²) in [6, 6.07) is 27.9. The van der Waals surface area contributed by atoms with Crippen molar-refractivity contribution >= 4 is 10.8 Å². The molecule has 188 valence electrons. The van der Waals surface area contributed by atoms with Gasteiger partial charge in [-0.15, -0.1) is 0 Å². The van der Waals surface area contributed by atoms with Gasteiger partial charge in [-0.2, -0.15) is 13.2 Å². The molecular formula is C29H28F3NO3. The highest BCUT2D eigenvalue weighted by Crippen LogP contribution is 2.32. The number of alkyl halides is 3. The van der Waals surface area contributed by atoms with E-state index >= 15 is 0 Å². The summed E-state index contributed by atoms with van der Waals surface area (Å²) in [6.45, 7) is 1.00. The number of aliphatic hydroxyl groups is 1. The Morgan fingerprint density at radius 1 is 0.806 bits per heavy atom. The number of fused-ring (bicyclic) bond motifs is 1. The molecule has 0 aliphatic carbocycles. The summed E-state index contributed by atoms with van der Waals surface area (Å²) in [5.74, 6) is 1.08. The Balaban J connectivity index is 1.28. The Bertz CT molecular complexity index is 1220. The van der Waals surface area contributed by atoms with Crippen molar-refractivity contribution in [3.05, 3.63) is 108 Å². The van der Waals surface area contributed by atoms with Gasteiger partial charge >= 0.3 is 6.18 Å². The third kappa shape index (κ3) is 6.99. The van der Waals surface area contributed by atoms with Crippen LogP contribution in [0.3, 0.4) is 0 Å². The molecule has 4 nitrogen and oxygen atoms in total. The van der Waals surface area contributed by atoms with Crippen LogP contribution in [0.2, 0.25) is 0 Å². The van der Waals surface area contributed by atoms with Crippen LogP contribution in [0.1, 0.15) is 23.7 Å². The molecule has 2 unspecified atom stereocenters. The molecule has 4 aromatic rings. The predicted molar refractivity (Wildman–Crippen MR) is 134 cm³/mol. The lowest BCUT2D eigenvalue weighted by Crippen LogP contribution is -2.32. The molecule has 0 saturated carbocycles. The molecule has 0 aliphatic heterocycles. The summed E-state index contributed by atoms with van der Waals surface area (Å²) in [5.41, 5.74) is 0.200. The summed E-state index contributed by atoms with van der Waals surface area (Å²) < 4.78 is 50.5. The number of hydrogen-bond acceptors (Lipinski definition) is 4. The molecule has 0 amide bonds. The summed E-state index contributed by atoms with van der Waals surface area (Å²) >= 11 is 0. The topological polar surface area (TPSA) is 50.7 Å². The zero-order valence-electron chi connectivity index (χ0n) is 19.6. The maximum absolute atomic E-state index is 12.9. The molecule has 7 heteroatoms. The molecule has 0 fully saturated rings. The number of hydrogen-bond donors (Lipinski definition) is 2. The van der Waals surface area contributed by atoms with E-state index in [9.17, 15) is 18.3 Å². The maximum Gasteiger partial charge on any atom is 0.416 e. The maximum atomic E-state index is 12.9. The van der Waals surface area contributed by atoms with Crippen molar-refractivity contribution in [1.29, 1.82) is 0 Å². The molecule has 2 atom stereocenters. The first-order valence-electron chi connectivity index (χ1n) is 11.8. The first kappa shape index (κ1) is 25.5. The van der Waals surface area contributed by atoms with Gasteiger partial charge in [-0.3, -0.25) is 0 Å². The van der Waals surface area contributed by atoms with Gasteiger partial charge in [0.1, 0.15) is 30.3 Å².